The summed E-state index contributed by atoms with van der Waals surface area (Å²) in [6.45, 7) is 0.849. The molecule has 1 aromatic heterocycles. The van der Waals surface area contributed by atoms with E-state index in [0.29, 0.717) is 6.54 Å². The van der Waals surface area contributed by atoms with Crippen molar-refractivity contribution in [2.45, 2.75) is 25.7 Å². The van der Waals surface area contributed by atoms with Crippen molar-refractivity contribution in [3.8, 4) is 0 Å². The molecule has 0 spiro atoms. The molecule has 0 saturated heterocycles. The fourth-order valence-corrected chi connectivity index (χ4v) is 1.25. The number of nitrogens with two attached hydrogens (primary N) is 1. The van der Waals surface area contributed by atoms with E-state index in [9.17, 15) is 13.2 Å². The molecule has 1 atom stereocenters. The first kappa shape index (κ1) is 13.0. The lowest BCUT2D eigenvalue weighted by Gasteiger charge is -2.11. The minimum Gasteiger partial charge on any atom is -0.370 e. The van der Waals surface area contributed by atoms with Crippen LogP contribution in [0.25, 0.3) is 0 Å². The van der Waals surface area contributed by atoms with Crippen LogP contribution < -0.4 is 5.73 Å². The van der Waals surface area contributed by atoms with Crippen molar-refractivity contribution >= 4 is 0 Å². The predicted molar refractivity (Wildman–Crippen MR) is 51.7 cm³/mol. The summed E-state index contributed by atoms with van der Waals surface area (Å²) in [5, 5.41) is 0. The molecule has 0 bridgehead atoms. The molecular formula is C9H14F3N3O. The minimum atomic E-state index is -4.28. The summed E-state index contributed by atoms with van der Waals surface area (Å²) >= 11 is 0. The Hall–Kier alpha value is -1.08. The zero-order valence-electron chi connectivity index (χ0n) is 8.87. The van der Waals surface area contributed by atoms with Crippen LogP contribution in [0.5, 0.6) is 0 Å². The molecule has 0 radical (unpaired) electrons. The van der Waals surface area contributed by atoms with Crippen LogP contribution in [-0.4, -0.2) is 28.9 Å². The van der Waals surface area contributed by atoms with Gasteiger partial charge in [0.15, 0.2) is 0 Å². The Morgan fingerprint density at radius 3 is 2.81 bits per heavy atom. The van der Waals surface area contributed by atoms with Crippen LogP contribution in [0.3, 0.4) is 0 Å². The first-order chi connectivity index (χ1) is 7.40. The number of hydrogen-bond donors (Lipinski definition) is 1. The third kappa shape index (κ3) is 4.19. The van der Waals surface area contributed by atoms with Gasteiger partial charge in [0.05, 0.1) is 18.6 Å². The summed E-state index contributed by atoms with van der Waals surface area (Å²) in [5.74, 6) is 0. The molecule has 7 heteroatoms. The van der Waals surface area contributed by atoms with E-state index >= 15 is 0 Å². The smallest absolute Gasteiger partial charge is 0.370 e. The summed E-state index contributed by atoms with van der Waals surface area (Å²) in [5.41, 5.74) is 6.42. The lowest BCUT2D eigenvalue weighted by molar-refractivity contribution is -0.174. The van der Waals surface area contributed by atoms with Crippen molar-refractivity contribution in [1.29, 1.82) is 0 Å². The average Bonchev–Trinajstić information content (AvgIpc) is 2.58. The Kier molecular flexibility index (Phi) is 4.31. The van der Waals surface area contributed by atoms with Crippen molar-refractivity contribution < 1.29 is 17.9 Å². The number of ether oxygens (including phenoxy) is 1. The Bertz CT molecular complexity index is 322. The van der Waals surface area contributed by atoms with E-state index in [2.05, 4.69) is 9.72 Å². The van der Waals surface area contributed by atoms with Gasteiger partial charge < -0.3 is 15.0 Å². The van der Waals surface area contributed by atoms with Gasteiger partial charge >= 0.3 is 6.18 Å². The van der Waals surface area contributed by atoms with Gasteiger partial charge in [-0.2, -0.15) is 13.2 Å². The molecule has 0 amide bonds. The fourth-order valence-electron chi connectivity index (χ4n) is 1.25. The molecule has 0 aliphatic heterocycles. The maximum Gasteiger partial charge on any atom is 0.411 e. The van der Waals surface area contributed by atoms with Crippen molar-refractivity contribution in [3.05, 3.63) is 18.2 Å². The summed E-state index contributed by atoms with van der Waals surface area (Å²) in [7, 11) is 0. The molecule has 1 rings (SSSR count). The highest BCUT2D eigenvalue weighted by Gasteiger charge is 2.27. The molecule has 0 saturated carbocycles. The highest BCUT2D eigenvalue weighted by molar-refractivity contribution is 5.02. The van der Waals surface area contributed by atoms with Crippen molar-refractivity contribution in [3.63, 3.8) is 0 Å². The molecule has 0 fully saturated rings. The zero-order chi connectivity index (χ0) is 12.2. The molecule has 4 nitrogen and oxygen atoms in total. The van der Waals surface area contributed by atoms with Gasteiger partial charge in [-0.3, -0.25) is 0 Å². The maximum absolute atomic E-state index is 11.8. The molecule has 16 heavy (non-hydrogen) atoms. The van der Waals surface area contributed by atoms with Crippen LogP contribution in [0.1, 0.15) is 18.7 Å². The van der Waals surface area contributed by atoms with Gasteiger partial charge in [0.25, 0.3) is 0 Å². The fraction of sp³-hybridized carbons (Fsp3) is 0.667. The van der Waals surface area contributed by atoms with E-state index in [1.807, 2.05) is 0 Å². The van der Waals surface area contributed by atoms with E-state index in [1.165, 1.54) is 6.33 Å². The van der Waals surface area contributed by atoms with Crippen LogP contribution in [0.4, 0.5) is 13.2 Å². The average molecular weight is 237 g/mol. The molecule has 1 heterocycles. The Balaban J connectivity index is 2.35. The van der Waals surface area contributed by atoms with Crippen LogP contribution >= 0.6 is 0 Å². The Morgan fingerprint density at radius 2 is 2.25 bits per heavy atom. The van der Waals surface area contributed by atoms with Crippen molar-refractivity contribution in [2.24, 2.45) is 5.73 Å². The Labute approximate surface area is 91.2 Å². The zero-order valence-corrected chi connectivity index (χ0v) is 8.87. The van der Waals surface area contributed by atoms with Gasteiger partial charge in [-0.05, 0) is 6.92 Å². The van der Waals surface area contributed by atoms with E-state index < -0.39 is 12.8 Å². The van der Waals surface area contributed by atoms with Crippen LogP contribution in [0.2, 0.25) is 0 Å². The van der Waals surface area contributed by atoms with Gasteiger partial charge in [0.2, 0.25) is 0 Å². The SMILES string of the molecule is CC(N)c1cncn1CCOCC(F)(F)F. The number of hydrogen-bond acceptors (Lipinski definition) is 3. The van der Waals surface area contributed by atoms with Crippen LogP contribution in [0, 0.1) is 0 Å². The quantitative estimate of drug-likeness (QED) is 0.789. The molecule has 0 aromatic carbocycles. The van der Waals surface area contributed by atoms with Crippen LogP contribution in [-0.2, 0) is 11.3 Å². The lowest BCUT2D eigenvalue weighted by Crippen LogP contribution is -2.20. The summed E-state index contributed by atoms with van der Waals surface area (Å²) in [6.07, 6.45) is -1.16. The summed E-state index contributed by atoms with van der Waals surface area (Å²) in [4.78, 5) is 3.88. The largest absolute Gasteiger partial charge is 0.411 e. The molecule has 2 N–H and O–H groups in total. The van der Waals surface area contributed by atoms with Crippen molar-refractivity contribution in [1.82, 2.24) is 9.55 Å². The highest BCUT2D eigenvalue weighted by Crippen LogP contribution is 2.14. The van der Waals surface area contributed by atoms with Gasteiger partial charge in [0, 0.05) is 18.8 Å². The lowest BCUT2D eigenvalue weighted by atomic mass is 10.3. The molecule has 0 aliphatic carbocycles. The Morgan fingerprint density at radius 1 is 1.56 bits per heavy atom. The predicted octanol–water partition coefficient (Wildman–Crippen LogP) is 1.48. The minimum absolute atomic E-state index is 0.0183. The standard InChI is InChI=1S/C9H14F3N3O/c1-7(13)8-4-14-6-15(8)2-3-16-5-9(10,11)12/h4,6-7H,2-3,5,13H2,1H3. The van der Waals surface area contributed by atoms with Gasteiger partial charge in [-0.1, -0.05) is 0 Å². The van der Waals surface area contributed by atoms with E-state index in [1.54, 1.807) is 17.7 Å². The second-order valence-corrected chi connectivity index (χ2v) is 3.47. The first-order valence-electron chi connectivity index (χ1n) is 4.80. The van der Waals surface area contributed by atoms with E-state index in [4.69, 9.17) is 5.73 Å². The number of alkyl halides is 3. The van der Waals surface area contributed by atoms with Crippen LogP contribution in [0.15, 0.2) is 12.5 Å². The number of halogens is 3. The number of rotatable bonds is 5. The number of aromatic nitrogens is 2. The normalized spacial score (nSPS) is 14.1. The van der Waals surface area contributed by atoms with Gasteiger partial charge in [-0.25, -0.2) is 4.98 Å². The first-order valence-corrected chi connectivity index (χ1v) is 4.80. The monoisotopic (exact) mass is 237 g/mol. The summed E-state index contributed by atoms with van der Waals surface area (Å²) in [6, 6.07) is -0.204. The molecule has 1 aromatic rings. The molecule has 1 unspecified atom stereocenters. The van der Waals surface area contributed by atoms with Crippen molar-refractivity contribution in [2.75, 3.05) is 13.2 Å². The second kappa shape index (κ2) is 5.31. The topological polar surface area (TPSA) is 53.1 Å². The second-order valence-electron chi connectivity index (χ2n) is 3.47. The third-order valence-corrected chi connectivity index (χ3v) is 1.95. The molecular weight excluding hydrogens is 223 g/mol. The summed E-state index contributed by atoms with van der Waals surface area (Å²) < 4.78 is 41.5. The molecule has 0 aliphatic rings. The van der Waals surface area contributed by atoms with E-state index in [0.717, 1.165) is 5.69 Å². The van der Waals surface area contributed by atoms with Gasteiger partial charge in [0.1, 0.15) is 6.61 Å². The highest BCUT2D eigenvalue weighted by atomic mass is 19.4. The van der Waals surface area contributed by atoms with Gasteiger partial charge in [-0.15, -0.1) is 0 Å². The number of imidazole rings is 1. The van der Waals surface area contributed by atoms with E-state index in [-0.39, 0.29) is 12.6 Å². The number of nitrogens with zero attached hydrogens (tertiary/aromatic N) is 2. The third-order valence-electron chi connectivity index (χ3n) is 1.95. The maximum atomic E-state index is 11.8. The molecule has 92 valence electrons.